The topological polar surface area (TPSA) is 69.3 Å². The van der Waals surface area contributed by atoms with Gasteiger partial charge in [0.2, 0.25) is 0 Å². The van der Waals surface area contributed by atoms with E-state index in [1.165, 1.54) is 14.2 Å². The van der Waals surface area contributed by atoms with Crippen LogP contribution in [0.2, 0.25) is 0 Å². The van der Waals surface area contributed by atoms with Crippen molar-refractivity contribution in [1.29, 1.82) is 0 Å². The van der Waals surface area contributed by atoms with Crippen molar-refractivity contribution >= 4 is 17.3 Å². The second kappa shape index (κ2) is 8.64. The zero-order chi connectivity index (χ0) is 19.2. The van der Waals surface area contributed by atoms with Gasteiger partial charge in [-0.3, -0.25) is 4.79 Å². The predicted molar refractivity (Wildman–Crippen MR) is 104 cm³/mol. The monoisotopic (exact) mass is 372 g/mol. The van der Waals surface area contributed by atoms with Crippen molar-refractivity contribution in [2.24, 2.45) is 0 Å². The van der Waals surface area contributed by atoms with Crippen LogP contribution in [0.5, 0.6) is 17.2 Å². The first-order valence-corrected chi connectivity index (χ1v) is 8.71. The molecule has 1 aliphatic heterocycles. The number of carbonyl (C=O) groups excluding carboxylic acids is 1. The number of ether oxygens (including phenoxy) is 4. The molecule has 0 radical (unpaired) electrons. The zero-order valence-corrected chi connectivity index (χ0v) is 15.8. The molecule has 3 rings (SSSR count). The molecule has 2 aromatic carbocycles. The Morgan fingerprint density at radius 3 is 2.19 bits per heavy atom. The van der Waals surface area contributed by atoms with Crippen LogP contribution in [0, 0.1) is 0 Å². The van der Waals surface area contributed by atoms with Crippen molar-refractivity contribution in [3.8, 4) is 17.2 Å². The summed E-state index contributed by atoms with van der Waals surface area (Å²) in [6.45, 7) is 2.98. The van der Waals surface area contributed by atoms with Crippen LogP contribution in [0.25, 0.3) is 0 Å². The van der Waals surface area contributed by atoms with Gasteiger partial charge < -0.3 is 29.2 Å². The minimum atomic E-state index is -0.332. The number of nitrogens with one attached hydrogen (secondary N) is 1. The lowest BCUT2D eigenvalue weighted by molar-refractivity contribution is 0.102. The van der Waals surface area contributed by atoms with E-state index in [9.17, 15) is 4.79 Å². The number of benzene rings is 2. The second-order valence-corrected chi connectivity index (χ2v) is 5.98. The highest BCUT2D eigenvalue weighted by molar-refractivity contribution is 6.09. The van der Waals surface area contributed by atoms with Gasteiger partial charge in [0.15, 0.2) is 0 Å². The molecule has 7 heteroatoms. The van der Waals surface area contributed by atoms with Crippen LogP contribution in [0.1, 0.15) is 10.4 Å². The Morgan fingerprint density at radius 2 is 1.59 bits per heavy atom. The molecular formula is C20H24N2O5. The van der Waals surface area contributed by atoms with Crippen LogP contribution in [0.15, 0.2) is 36.4 Å². The van der Waals surface area contributed by atoms with Crippen molar-refractivity contribution in [2.45, 2.75) is 0 Å². The molecular weight excluding hydrogens is 348 g/mol. The lowest BCUT2D eigenvalue weighted by Gasteiger charge is -2.29. The van der Waals surface area contributed by atoms with E-state index in [0.29, 0.717) is 41.7 Å². The Labute approximate surface area is 158 Å². The van der Waals surface area contributed by atoms with Gasteiger partial charge in [0, 0.05) is 18.8 Å². The van der Waals surface area contributed by atoms with E-state index in [1.54, 1.807) is 25.3 Å². The number of methoxy groups -OCH3 is 3. The smallest absolute Gasteiger partial charge is 0.263 e. The van der Waals surface area contributed by atoms with Gasteiger partial charge in [0.05, 0.1) is 40.2 Å². The van der Waals surface area contributed by atoms with Crippen LogP contribution in [0.4, 0.5) is 11.4 Å². The summed E-state index contributed by atoms with van der Waals surface area (Å²) in [5.74, 6) is 1.13. The number of carbonyl (C=O) groups is 1. The molecule has 0 saturated carbocycles. The van der Waals surface area contributed by atoms with Crippen molar-refractivity contribution in [2.75, 3.05) is 57.8 Å². The van der Waals surface area contributed by atoms with Gasteiger partial charge in [0.25, 0.3) is 5.91 Å². The van der Waals surface area contributed by atoms with Gasteiger partial charge in [-0.05, 0) is 30.3 Å². The molecule has 0 aliphatic carbocycles. The Kier molecular flexibility index (Phi) is 6.03. The molecule has 2 aromatic rings. The highest BCUT2D eigenvalue weighted by atomic mass is 16.5. The van der Waals surface area contributed by atoms with E-state index < -0.39 is 0 Å². The van der Waals surface area contributed by atoms with Crippen molar-refractivity contribution < 1.29 is 23.7 Å². The fourth-order valence-electron chi connectivity index (χ4n) is 3.07. The highest BCUT2D eigenvalue weighted by Crippen LogP contribution is 2.33. The molecule has 27 heavy (non-hydrogen) atoms. The maximum atomic E-state index is 13.0. The zero-order valence-electron chi connectivity index (χ0n) is 15.8. The van der Waals surface area contributed by atoms with Gasteiger partial charge in [0.1, 0.15) is 22.8 Å². The molecule has 0 unspecified atom stereocenters. The average Bonchev–Trinajstić information content (AvgIpc) is 2.73. The molecule has 1 heterocycles. The van der Waals surface area contributed by atoms with Crippen LogP contribution < -0.4 is 24.4 Å². The maximum absolute atomic E-state index is 13.0. The van der Waals surface area contributed by atoms with E-state index in [-0.39, 0.29) is 5.91 Å². The van der Waals surface area contributed by atoms with Crippen molar-refractivity contribution in [1.82, 2.24) is 0 Å². The number of anilines is 2. The fraction of sp³-hybridized carbons (Fsp3) is 0.350. The minimum Gasteiger partial charge on any atom is -0.496 e. The van der Waals surface area contributed by atoms with Crippen LogP contribution in [-0.4, -0.2) is 53.5 Å². The molecule has 1 aliphatic rings. The Hall–Kier alpha value is -2.93. The molecule has 144 valence electrons. The first-order chi connectivity index (χ1) is 13.2. The molecule has 1 fully saturated rings. The summed E-state index contributed by atoms with van der Waals surface area (Å²) >= 11 is 0. The Bertz CT molecular complexity index is 781. The summed E-state index contributed by atoms with van der Waals surface area (Å²) in [5.41, 5.74) is 1.92. The number of hydrogen-bond donors (Lipinski definition) is 1. The first kappa shape index (κ1) is 18.8. The molecule has 0 aromatic heterocycles. The van der Waals surface area contributed by atoms with Gasteiger partial charge in [-0.15, -0.1) is 0 Å². The third-order valence-corrected chi connectivity index (χ3v) is 4.46. The van der Waals surface area contributed by atoms with E-state index in [4.69, 9.17) is 18.9 Å². The summed E-state index contributed by atoms with van der Waals surface area (Å²) in [4.78, 5) is 15.2. The molecule has 1 saturated heterocycles. The number of rotatable bonds is 6. The first-order valence-electron chi connectivity index (χ1n) is 8.71. The normalized spacial score (nSPS) is 13.8. The predicted octanol–water partition coefficient (Wildman–Crippen LogP) is 2.80. The van der Waals surface area contributed by atoms with Crippen LogP contribution >= 0.6 is 0 Å². The number of nitrogens with zero attached hydrogens (tertiary/aromatic N) is 1. The lowest BCUT2D eigenvalue weighted by atomic mass is 10.1. The van der Waals surface area contributed by atoms with E-state index >= 15 is 0 Å². The number of hydrogen-bond acceptors (Lipinski definition) is 6. The van der Waals surface area contributed by atoms with Gasteiger partial charge in [-0.2, -0.15) is 0 Å². The van der Waals surface area contributed by atoms with Gasteiger partial charge >= 0.3 is 0 Å². The summed E-state index contributed by atoms with van der Waals surface area (Å²) in [7, 11) is 4.61. The summed E-state index contributed by atoms with van der Waals surface area (Å²) in [6.07, 6.45) is 0. The highest BCUT2D eigenvalue weighted by Gasteiger charge is 2.20. The molecule has 1 N–H and O–H groups in total. The Morgan fingerprint density at radius 1 is 0.963 bits per heavy atom. The summed E-state index contributed by atoms with van der Waals surface area (Å²) in [6, 6.07) is 10.9. The molecule has 7 nitrogen and oxygen atoms in total. The van der Waals surface area contributed by atoms with E-state index in [2.05, 4.69) is 10.2 Å². The standard InChI is InChI=1S/C20H24N2O5/c1-24-16-8-7-14(22-9-11-27-12-10-22)13-15(16)21-20(23)19-17(25-2)5-4-6-18(19)26-3/h4-8,13H,9-12H2,1-3H3,(H,21,23). The van der Waals surface area contributed by atoms with Gasteiger partial charge in [-0.1, -0.05) is 6.07 Å². The van der Waals surface area contributed by atoms with Crippen molar-refractivity contribution in [3.05, 3.63) is 42.0 Å². The van der Waals surface area contributed by atoms with Crippen LogP contribution in [0.3, 0.4) is 0 Å². The third kappa shape index (κ3) is 4.09. The van der Waals surface area contributed by atoms with Gasteiger partial charge in [-0.25, -0.2) is 0 Å². The Balaban J connectivity index is 1.91. The van der Waals surface area contributed by atoms with E-state index in [1.807, 2.05) is 18.2 Å². The lowest BCUT2D eigenvalue weighted by Crippen LogP contribution is -2.36. The molecule has 0 bridgehead atoms. The molecule has 1 amide bonds. The second-order valence-electron chi connectivity index (χ2n) is 5.98. The molecule has 0 atom stereocenters. The van der Waals surface area contributed by atoms with Crippen LogP contribution in [-0.2, 0) is 4.74 Å². The minimum absolute atomic E-state index is 0.332. The largest absolute Gasteiger partial charge is 0.496 e. The third-order valence-electron chi connectivity index (χ3n) is 4.46. The average molecular weight is 372 g/mol. The summed E-state index contributed by atoms with van der Waals surface area (Å²) < 4.78 is 21.5. The van der Waals surface area contributed by atoms with Crippen molar-refractivity contribution in [3.63, 3.8) is 0 Å². The fourth-order valence-corrected chi connectivity index (χ4v) is 3.07. The quantitative estimate of drug-likeness (QED) is 0.841. The number of amides is 1. The SMILES string of the molecule is COc1ccc(N2CCOCC2)cc1NC(=O)c1c(OC)cccc1OC. The molecule has 0 spiro atoms. The maximum Gasteiger partial charge on any atom is 0.263 e. The number of morpholine rings is 1. The van der Waals surface area contributed by atoms with E-state index in [0.717, 1.165) is 18.8 Å². The summed E-state index contributed by atoms with van der Waals surface area (Å²) in [5, 5.41) is 2.92.